The first-order chi connectivity index (χ1) is 8.61. The molecule has 0 spiro atoms. The van der Waals surface area contributed by atoms with E-state index in [1.54, 1.807) is 0 Å². The average molecular weight is 286 g/mol. The van der Waals surface area contributed by atoms with Crippen molar-refractivity contribution in [2.24, 2.45) is 5.92 Å². The van der Waals surface area contributed by atoms with E-state index in [0.717, 1.165) is 31.5 Å². The SMILES string of the molecule is Cc1ccc(C(=O)N2CCCC(CCl)C2)c(Cl)c1. The highest BCUT2D eigenvalue weighted by Gasteiger charge is 2.25. The lowest BCUT2D eigenvalue weighted by Crippen LogP contribution is -2.40. The number of benzene rings is 1. The average Bonchev–Trinajstić information content (AvgIpc) is 2.38. The number of nitrogens with zero attached hydrogens (tertiary/aromatic N) is 1. The molecule has 0 radical (unpaired) electrons. The summed E-state index contributed by atoms with van der Waals surface area (Å²) in [6.07, 6.45) is 2.13. The molecule has 1 saturated heterocycles. The largest absolute Gasteiger partial charge is 0.338 e. The Bertz CT molecular complexity index is 447. The van der Waals surface area contributed by atoms with Crippen LogP contribution in [0.25, 0.3) is 0 Å². The molecular weight excluding hydrogens is 269 g/mol. The molecule has 2 nitrogen and oxygen atoms in total. The monoisotopic (exact) mass is 285 g/mol. The molecule has 1 atom stereocenters. The van der Waals surface area contributed by atoms with Crippen LogP contribution in [0.2, 0.25) is 5.02 Å². The second-order valence-electron chi connectivity index (χ2n) is 4.90. The normalized spacial score (nSPS) is 19.9. The van der Waals surface area contributed by atoms with Crippen LogP contribution in [0.1, 0.15) is 28.8 Å². The molecule has 1 aliphatic rings. The van der Waals surface area contributed by atoms with E-state index in [1.807, 2.05) is 30.0 Å². The lowest BCUT2D eigenvalue weighted by molar-refractivity contribution is 0.0685. The summed E-state index contributed by atoms with van der Waals surface area (Å²) in [4.78, 5) is 14.3. The third-order valence-electron chi connectivity index (χ3n) is 3.38. The summed E-state index contributed by atoms with van der Waals surface area (Å²) in [5.41, 5.74) is 1.66. The second kappa shape index (κ2) is 5.94. The van der Waals surface area contributed by atoms with Gasteiger partial charge in [-0.25, -0.2) is 0 Å². The minimum absolute atomic E-state index is 0.0230. The highest BCUT2D eigenvalue weighted by atomic mass is 35.5. The van der Waals surface area contributed by atoms with Crippen molar-refractivity contribution >= 4 is 29.1 Å². The van der Waals surface area contributed by atoms with E-state index in [0.29, 0.717) is 22.4 Å². The van der Waals surface area contributed by atoms with Gasteiger partial charge in [0, 0.05) is 19.0 Å². The second-order valence-corrected chi connectivity index (χ2v) is 5.61. The third-order valence-corrected chi connectivity index (χ3v) is 4.13. The number of hydrogen-bond acceptors (Lipinski definition) is 1. The predicted molar refractivity (Wildman–Crippen MR) is 75.5 cm³/mol. The highest BCUT2D eigenvalue weighted by molar-refractivity contribution is 6.33. The van der Waals surface area contributed by atoms with Crippen LogP contribution in [0.15, 0.2) is 18.2 Å². The van der Waals surface area contributed by atoms with Crippen LogP contribution in [0, 0.1) is 12.8 Å². The molecule has 1 amide bonds. The molecule has 1 aliphatic heterocycles. The fourth-order valence-electron chi connectivity index (χ4n) is 2.34. The van der Waals surface area contributed by atoms with Gasteiger partial charge in [-0.3, -0.25) is 4.79 Å². The molecule has 1 heterocycles. The summed E-state index contributed by atoms with van der Waals surface area (Å²) in [6, 6.07) is 5.56. The van der Waals surface area contributed by atoms with Crippen LogP contribution >= 0.6 is 23.2 Å². The Hall–Kier alpha value is -0.730. The van der Waals surface area contributed by atoms with Gasteiger partial charge in [0.25, 0.3) is 5.91 Å². The molecule has 0 N–H and O–H groups in total. The summed E-state index contributed by atoms with van der Waals surface area (Å²) in [5.74, 6) is 1.05. The maximum atomic E-state index is 12.4. The maximum absolute atomic E-state index is 12.4. The molecule has 98 valence electrons. The maximum Gasteiger partial charge on any atom is 0.255 e. The lowest BCUT2D eigenvalue weighted by Gasteiger charge is -2.32. The minimum atomic E-state index is 0.0230. The number of carbonyl (C=O) groups excluding carboxylic acids is 1. The number of amides is 1. The molecule has 1 fully saturated rings. The van der Waals surface area contributed by atoms with E-state index in [1.165, 1.54) is 0 Å². The molecule has 4 heteroatoms. The van der Waals surface area contributed by atoms with Gasteiger partial charge in [0.2, 0.25) is 0 Å². The van der Waals surface area contributed by atoms with E-state index in [2.05, 4.69) is 0 Å². The van der Waals surface area contributed by atoms with Gasteiger partial charge < -0.3 is 4.90 Å². The smallest absolute Gasteiger partial charge is 0.255 e. The van der Waals surface area contributed by atoms with Crippen molar-refractivity contribution in [1.29, 1.82) is 0 Å². The highest BCUT2D eigenvalue weighted by Crippen LogP contribution is 2.23. The fourth-order valence-corrected chi connectivity index (χ4v) is 2.91. The topological polar surface area (TPSA) is 20.3 Å². The number of hydrogen-bond donors (Lipinski definition) is 0. The zero-order valence-corrected chi connectivity index (χ0v) is 12.0. The molecule has 0 bridgehead atoms. The molecule has 0 aliphatic carbocycles. The Balaban J connectivity index is 2.15. The van der Waals surface area contributed by atoms with Crippen molar-refractivity contribution in [2.75, 3.05) is 19.0 Å². The molecule has 1 aromatic carbocycles. The number of rotatable bonds is 2. The summed E-state index contributed by atoms with van der Waals surface area (Å²) in [5, 5.41) is 0.535. The summed E-state index contributed by atoms with van der Waals surface area (Å²) in [6.45, 7) is 3.51. The Labute approximate surface area is 118 Å². The zero-order valence-electron chi connectivity index (χ0n) is 10.5. The number of likely N-dealkylation sites (tertiary alicyclic amines) is 1. The molecule has 0 saturated carbocycles. The molecule has 1 unspecified atom stereocenters. The standard InChI is InChI=1S/C14H17Cl2NO/c1-10-4-5-12(13(16)7-10)14(18)17-6-2-3-11(8-15)9-17/h4-5,7,11H,2-3,6,8-9H2,1H3. The van der Waals surface area contributed by atoms with Gasteiger partial charge >= 0.3 is 0 Å². The molecule has 2 rings (SSSR count). The van der Waals surface area contributed by atoms with Gasteiger partial charge in [0.15, 0.2) is 0 Å². The number of piperidine rings is 1. The number of carbonyl (C=O) groups is 1. The summed E-state index contributed by atoms with van der Waals surface area (Å²) >= 11 is 12.0. The van der Waals surface area contributed by atoms with Gasteiger partial charge in [-0.15, -0.1) is 11.6 Å². The van der Waals surface area contributed by atoms with Gasteiger partial charge in [-0.1, -0.05) is 17.7 Å². The lowest BCUT2D eigenvalue weighted by atomic mass is 9.99. The molecule has 0 aromatic heterocycles. The van der Waals surface area contributed by atoms with Crippen LogP contribution in [0.4, 0.5) is 0 Å². The number of alkyl halides is 1. The van der Waals surface area contributed by atoms with E-state index in [-0.39, 0.29) is 5.91 Å². The molecular formula is C14H17Cl2NO. The Morgan fingerprint density at radius 3 is 2.94 bits per heavy atom. The fraction of sp³-hybridized carbons (Fsp3) is 0.500. The van der Waals surface area contributed by atoms with Crippen molar-refractivity contribution < 1.29 is 4.79 Å². The Morgan fingerprint density at radius 2 is 2.28 bits per heavy atom. The van der Waals surface area contributed by atoms with Crippen molar-refractivity contribution in [1.82, 2.24) is 4.90 Å². The van der Waals surface area contributed by atoms with E-state index in [4.69, 9.17) is 23.2 Å². The van der Waals surface area contributed by atoms with E-state index in [9.17, 15) is 4.79 Å². The van der Waals surface area contributed by atoms with Crippen molar-refractivity contribution in [2.45, 2.75) is 19.8 Å². The van der Waals surface area contributed by atoms with Crippen LogP contribution < -0.4 is 0 Å². The van der Waals surface area contributed by atoms with E-state index >= 15 is 0 Å². The quantitative estimate of drug-likeness (QED) is 0.758. The first-order valence-corrected chi connectivity index (χ1v) is 7.14. The van der Waals surface area contributed by atoms with Gasteiger partial charge in [-0.05, 0) is 43.4 Å². The summed E-state index contributed by atoms with van der Waals surface area (Å²) < 4.78 is 0. The van der Waals surface area contributed by atoms with Crippen molar-refractivity contribution in [3.8, 4) is 0 Å². The van der Waals surface area contributed by atoms with Crippen LogP contribution in [0.5, 0.6) is 0 Å². The Kier molecular flexibility index (Phi) is 4.52. The van der Waals surface area contributed by atoms with Gasteiger partial charge in [-0.2, -0.15) is 0 Å². The first-order valence-electron chi connectivity index (χ1n) is 6.23. The number of aryl methyl sites for hydroxylation is 1. The van der Waals surface area contributed by atoms with E-state index < -0.39 is 0 Å². The van der Waals surface area contributed by atoms with Gasteiger partial charge in [0.1, 0.15) is 0 Å². The molecule has 18 heavy (non-hydrogen) atoms. The molecule has 1 aromatic rings. The summed E-state index contributed by atoms with van der Waals surface area (Å²) in [7, 11) is 0. The van der Waals surface area contributed by atoms with Crippen LogP contribution in [0.3, 0.4) is 0 Å². The van der Waals surface area contributed by atoms with Crippen LogP contribution in [-0.4, -0.2) is 29.8 Å². The zero-order chi connectivity index (χ0) is 13.1. The van der Waals surface area contributed by atoms with Crippen molar-refractivity contribution in [3.63, 3.8) is 0 Å². The minimum Gasteiger partial charge on any atom is -0.338 e. The van der Waals surface area contributed by atoms with Gasteiger partial charge in [0.05, 0.1) is 10.6 Å². The van der Waals surface area contributed by atoms with Crippen molar-refractivity contribution in [3.05, 3.63) is 34.3 Å². The first kappa shape index (κ1) is 13.7. The number of halogens is 2. The Morgan fingerprint density at radius 1 is 1.50 bits per heavy atom. The van der Waals surface area contributed by atoms with Crippen LogP contribution in [-0.2, 0) is 0 Å². The predicted octanol–water partition coefficient (Wildman–Crippen LogP) is 3.74. The third kappa shape index (κ3) is 2.99.